The quantitative estimate of drug-likeness (QED) is 0.833. The normalized spacial score (nSPS) is 25.9. The number of benzene rings is 1. The smallest absolute Gasteiger partial charge is 0.0721 e. The van der Waals surface area contributed by atoms with E-state index in [1.54, 1.807) is 0 Å². The summed E-state index contributed by atoms with van der Waals surface area (Å²) in [6, 6.07) is 8.10. The van der Waals surface area contributed by atoms with Crippen LogP contribution in [-0.2, 0) is 11.3 Å². The molecular formula is C11H14ClNO. The molecule has 0 atom stereocenters. The van der Waals surface area contributed by atoms with Crippen molar-refractivity contribution in [1.29, 1.82) is 0 Å². The number of rotatable bonds is 3. The van der Waals surface area contributed by atoms with Crippen LogP contribution in [0.25, 0.3) is 0 Å². The van der Waals surface area contributed by atoms with E-state index in [-0.39, 0.29) is 0 Å². The Morgan fingerprint density at radius 2 is 2.21 bits per heavy atom. The molecule has 0 bridgehead atoms. The topological polar surface area (TPSA) is 35.2 Å². The Morgan fingerprint density at radius 1 is 1.43 bits per heavy atom. The summed E-state index contributed by atoms with van der Waals surface area (Å²) in [7, 11) is 0. The van der Waals surface area contributed by atoms with Gasteiger partial charge in [0, 0.05) is 11.1 Å². The fourth-order valence-corrected chi connectivity index (χ4v) is 1.80. The first-order chi connectivity index (χ1) is 6.74. The zero-order valence-corrected chi connectivity index (χ0v) is 8.70. The Morgan fingerprint density at radius 3 is 2.86 bits per heavy atom. The van der Waals surface area contributed by atoms with E-state index < -0.39 is 0 Å². The van der Waals surface area contributed by atoms with Crippen molar-refractivity contribution in [1.82, 2.24) is 0 Å². The maximum atomic E-state index is 5.86. The van der Waals surface area contributed by atoms with E-state index in [0.717, 1.165) is 23.4 Å². The van der Waals surface area contributed by atoms with E-state index in [1.807, 2.05) is 24.3 Å². The lowest BCUT2D eigenvalue weighted by Crippen LogP contribution is -2.41. The fourth-order valence-electron chi connectivity index (χ4n) is 1.58. The summed E-state index contributed by atoms with van der Waals surface area (Å²) in [4.78, 5) is 0. The number of hydrogen-bond acceptors (Lipinski definition) is 2. The minimum atomic E-state index is 0.347. The van der Waals surface area contributed by atoms with Gasteiger partial charge in [-0.25, -0.2) is 0 Å². The van der Waals surface area contributed by atoms with Gasteiger partial charge in [0.1, 0.15) is 0 Å². The molecule has 1 saturated carbocycles. The van der Waals surface area contributed by atoms with Crippen LogP contribution in [0.5, 0.6) is 0 Å². The highest BCUT2D eigenvalue weighted by Gasteiger charge is 2.26. The molecule has 0 saturated heterocycles. The van der Waals surface area contributed by atoms with Crippen molar-refractivity contribution < 1.29 is 4.74 Å². The van der Waals surface area contributed by atoms with E-state index in [1.165, 1.54) is 0 Å². The van der Waals surface area contributed by atoms with Gasteiger partial charge in [0.15, 0.2) is 0 Å². The summed E-state index contributed by atoms with van der Waals surface area (Å²) in [5.74, 6) is 0. The second-order valence-electron chi connectivity index (χ2n) is 3.79. The molecule has 14 heavy (non-hydrogen) atoms. The number of halogens is 1. The predicted molar refractivity (Wildman–Crippen MR) is 57.2 cm³/mol. The molecule has 2 nitrogen and oxygen atoms in total. The molecule has 0 heterocycles. The van der Waals surface area contributed by atoms with E-state index in [4.69, 9.17) is 22.1 Å². The van der Waals surface area contributed by atoms with Crippen LogP contribution in [0.15, 0.2) is 24.3 Å². The number of ether oxygens (including phenoxy) is 1. The van der Waals surface area contributed by atoms with Crippen molar-refractivity contribution in [3.05, 3.63) is 34.9 Å². The zero-order valence-electron chi connectivity index (χ0n) is 7.95. The molecule has 1 fully saturated rings. The van der Waals surface area contributed by atoms with Crippen molar-refractivity contribution in [2.24, 2.45) is 5.73 Å². The van der Waals surface area contributed by atoms with Gasteiger partial charge in [-0.3, -0.25) is 0 Å². The second-order valence-corrected chi connectivity index (χ2v) is 4.23. The van der Waals surface area contributed by atoms with Gasteiger partial charge in [-0.15, -0.1) is 0 Å². The molecule has 0 amide bonds. The van der Waals surface area contributed by atoms with Gasteiger partial charge in [0.25, 0.3) is 0 Å². The van der Waals surface area contributed by atoms with Crippen LogP contribution >= 0.6 is 11.6 Å². The van der Waals surface area contributed by atoms with Crippen LogP contribution in [0.4, 0.5) is 0 Å². The van der Waals surface area contributed by atoms with Gasteiger partial charge in [-0.1, -0.05) is 23.7 Å². The molecule has 1 aliphatic rings. The van der Waals surface area contributed by atoms with Crippen LogP contribution in [0.2, 0.25) is 5.02 Å². The highest BCUT2D eigenvalue weighted by molar-refractivity contribution is 6.30. The summed E-state index contributed by atoms with van der Waals surface area (Å²) >= 11 is 5.86. The minimum Gasteiger partial charge on any atom is -0.373 e. The standard InChI is InChI=1S/C11H14ClNO/c12-9-3-1-2-8(4-9)7-14-11-5-10(13)6-11/h1-4,10-11H,5-7,13H2. The molecule has 0 radical (unpaired) electrons. The monoisotopic (exact) mass is 211 g/mol. The summed E-state index contributed by atoms with van der Waals surface area (Å²) < 4.78 is 5.65. The lowest BCUT2D eigenvalue weighted by atomic mass is 9.90. The molecule has 1 aliphatic carbocycles. The maximum Gasteiger partial charge on any atom is 0.0721 e. The van der Waals surface area contributed by atoms with Crippen LogP contribution in [0, 0.1) is 0 Å². The summed E-state index contributed by atoms with van der Waals surface area (Å²) in [6.45, 7) is 0.637. The van der Waals surface area contributed by atoms with E-state index in [0.29, 0.717) is 18.8 Å². The second kappa shape index (κ2) is 4.30. The molecule has 0 aliphatic heterocycles. The van der Waals surface area contributed by atoms with Crippen molar-refractivity contribution in [2.75, 3.05) is 0 Å². The SMILES string of the molecule is NC1CC(OCc2cccc(Cl)c2)C1. The van der Waals surface area contributed by atoms with Gasteiger partial charge in [0.05, 0.1) is 12.7 Å². The number of nitrogens with two attached hydrogens (primary N) is 1. The maximum absolute atomic E-state index is 5.86. The molecule has 1 aromatic carbocycles. The lowest BCUT2D eigenvalue weighted by molar-refractivity contribution is -0.0188. The Kier molecular flexibility index (Phi) is 3.06. The molecule has 76 valence electrons. The Balaban J connectivity index is 1.80. The van der Waals surface area contributed by atoms with Gasteiger partial charge >= 0.3 is 0 Å². The third-order valence-electron chi connectivity index (χ3n) is 2.51. The van der Waals surface area contributed by atoms with Gasteiger partial charge < -0.3 is 10.5 Å². The molecule has 0 unspecified atom stereocenters. The fraction of sp³-hybridized carbons (Fsp3) is 0.455. The van der Waals surface area contributed by atoms with Crippen LogP contribution in [-0.4, -0.2) is 12.1 Å². The molecule has 2 rings (SSSR count). The minimum absolute atomic E-state index is 0.347. The zero-order chi connectivity index (χ0) is 9.97. The largest absolute Gasteiger partial charge is 0.373 e. The Labute approximate surface area is 89.0 Å². The van der Waals surface area contributed by atoms with Crippen molar-refractivity contribution in [3.63, 3.8) is 0 Å². The first-order valence-electron chi connectivity index (χ1n) is 4.85. The first-order valence-corrected chi connectivity index (χ1v) is 5.23. The first kappa shape index (κ1) is 9.97. The molecule has 0 aromatic heterocycles. The van der Waals surface area contributed by atoms with E-state index in [2.05, 4.69) is 0 Å². The lowest BCUT2D eigenvalue weighted by Gasteiger charge is -2.32. The average molecular weight is 212 g/mol. The van der Waals surface area contributed by atoms with Gasteiger partial charge in [0.2, 0.25) is 0 Å². The Bertz CT molecular complexity index is 310. The molecule has 1 aromatic rings. The van der Waals surface area contributed by atoms with Crippen LogP contribution in [0.1, 0.15) is 18.4 Å². The summed E-state index contributed by atoms with van der Waals surface area (Å²) in [5.41, 5.74) is 6.78. The van der Waals surface area contributed by atoms with Crippen molar-refractivity contribution >= 4 is 11.6 Å². The molecule has 0 spiro atoms. The highest BCUT2D eigenvalue weighted by atomic mass is 35.5. The average Bonchev–Trinajstić information content (AvgIpc) is 2.11. The third kappa shape index (κ3) is 2.47. The van der Waals surface area contributed by atoms with Gasteiger partial charge in [-0.05, 0) is 30.5 Å². The molecule has 2 N–H and O–H groups in total. The van der Waals surface area contributed by atoms with Crippen LogP contribution in [0.3, 0.4) is 0 Å². The van der Waals surface area contributed by atoms with Gasteiger partial charge in [-0.2, -0.15) is 0 Å². The molecule has 3 heteroatoms. The third-order valence-corrected chi connectivity index (χ3v) is 2.74. The van der Waals surface area contributed by atoms with E-state index >= 15 is 0 Å². The number of hydrogen-bond donors (Lipinski definition) is 1. The summed E-state index contributed by atoms with van der Waals surface area (Å²) in [5, 5.41) is 0.761. The highest BCUT2D eigenvalue weighted by Crippen LogP contribution is 2.22. The Hall–Kier alpha value is -0.570. The van der Waals surface area contributed by atoms with Crippen molar-refractivity contribution in [2.45, 2.75) is 31.6 Å². The summed E-state index contributed by atoms with van der Waals surface area (Å²) in [6.07, 6.45) is 2.32. The predicted octanol–water partition coefficient (Wildman–Crippen LogP) is 2.35. The van der Waals surface area contributed by atoms with Crippen LogP contribution < -0.4 is 5.73 Å². The van der Waals surface area contributed by atoms with Crippen molar-refractivity contribution in [3.8, 4) is 0 Å². The molecular weight excluding hydrogens is 198 g/mol. The van der Waals surface area contributed by atoms with E-state index in [9.17, 15) is 0 Å².